The first-order chi connectivity index (χ1) is 3.77. The first-order valence-corrected chi connectivity index (χ1v) is 2.60. The van der Waals surface area contributed by atoms with Crippen molar-refractivity contribution in [3.8, 4) is 0 Å². The Bertz CT molecular complexity index is 98.6. The van der Waals surface area contributed by atoms with Crippen LogP contribution < -0.4 is 0 Å². The third-order valence-corrected chi connectivity index (χ3v) is 0.535. The molecule has 0 aromatic rings. The van der Waals surface area contributed by atoms with Gasteiger partial charge in [-0.15, -0.1) is 0 Å². The molecule has 0 aliphatic rings. The molecule has 0 rings (SSSR count). The third kappa shape index (κ3) is 5.27. The Labute approximate surface area is 48.8 Å². The van der Waals surface area contributed by atoms with Gasteiger partial charge in [0.05, 0.1) is 6.54 Å². The number of carbonyl (C=O) groups excluding carboxylic acids is 1. The molecule has 0 radical (unpaired) electrons. The van der Waals surface area contributed by atoms with Gasteiger partial charge in [0.15, 0.2) is 5.78 Å². The molecule has 0 spiro atoms. The van der Waals surface area contributed by atoms with Crippen molar-refractivity contribution in [3.63, 3.8) is 0 Å². The van der Waals surface area contributed by atoms with Crippen molar-refractivity contribution in [1.29, 1.82) is 0 Å². The molecule has 0 bridgehead atoms. The summed E-state index contributed by atoms with van der Waals surface area (Å²) < 4.78 is 0. The third-order valence-electron chi connectivity index (χ3n) is 0.535. The molecule has 0 aliphatic heterocycles. The zero-order valence-electron chi connectivity index (χ0n) is 5.22. The second-order valence-corrected chi connectivity index (χ2v) is 1.46. The molecule has 0 amide bonds. The van der Waals surface area contributed by atoms with E-state index in [2.05, 4.69) is 10.2 Å². The molecule has 0 fully saturated rings. The fourth-order valence-electron chi connectivity index (χ4n) is 0.250. The highest BCUT2D eigenvalue weighted by molar-refractivity contribution is 5.77. The fourth-order valence-corrected chi connectivity index (χ4v) is 0.250. The van der Waals surface area contributed by atoms with Crippen LogP contribution in [0.25, 0.3) is 0 Å². The summed E-state index contributed by atoms with van der Waals surface area (Å²) in [5.41, 5.74) is 0. The van der Waals surface area contributed by atoms with Crippen LogP contribution in [0.5, 0.6) is 0 Å². The van der Waals surface area contributed by atoms with Gasteiger partial charge in [-0.1, -0.05) is 0 Å². The Morgan fingerprint density at radius 3 is 2.50 bits per heavy atom. The predicted octanol–water partition coefficient (Wildman–Crippen LogP) is 1.05. The summed E-state index contributed by atoms with van der Waals surface area (Å²) in [6.45, 7) is 4.26. The molecule has 0 heterocycles. The average Bonchev–Trinajstić information content (AvgIpc) is 1.66. The zero-order chi connectivity index (χ0) is 6.41. The molecule has 0 N–H and O–H groups in total. The average molecular weight is 114 g/mol. The quantitative estimate of drug-likeness (QED) is 0.505. The highest BCUT2D eigenvalue weighted by atomic mass is 16.1. The van der Waals surface area contributed by atoms with Crippen LogP contribution in [0.1, 0.15) is 13.8 Å². The molecular weight excluding hydrogens is 104 g/mol. The molecule has 0 aromatic carbocycles. The van der Waals surface area contributed by atoms with Gasteiger partial charge in [-0.25, -0.2) is 0 Å². The lowest BCUT2D eigenvalue weighted by Crippen LogP contribution is -1.92. The van der Waals surface area contributed by atoms with Crippen molar-refractivity contribution in [2.24, 2.45) is 10.2 Å². The number of nitrogens with zero attached hydrogens (tertiary/aromatic N) is 2. The largest absolute Gasteiger partial charge is 0.298 e. The van der Waals surface area contributed by atoms with E-state index in [1.54, 1.807) is 0 Å². The normalized spacial score (nSPS) is 10.2. The van der Waals surface area contributed by atoms with Crippen molar-refractivity contribution >= 4 is 5.78 Å². The lowest BCUT2D eigenvalue weighted by Gasteiger charge is -1.80. The Morgan fingerprint density at radius 1 is 1.50 bits per heavy atom. The van der Waals surface area contributed by atoms with E-state index in [1.807, 2.05) is 6.92 Å². The van der Waals surface area contributed by atoms with Crippen molar-refractivity contribution in [3.05, 3.63) is 0 Å². The fraction of sp³-hybridized carbons (Fsp3) is 0.800. The smallest absolute Gasteiger partial charge is 0.153 e. The molecule has 0 atom stereocenters. The van der Waals surface area contributed by atoms with E-state index in [4.69, 9.17) is 0 Å². The van der Waals surface area contributed by atoms with Crippen molar-refractivity contribution < 1.29 is 4.79 Å². The molecule has 0 saturated heterocycles. The number of rotatable bonds is 3. The van der Waals surface area contributed by atoms with Gasteiger partial charge in [-0.3, -0.25) is 4.79 Å². The van der Waals surface area contributed by atoms with Gasteiger partial charge in [0.2, 0.25) is 0 Å². The summed E-state index contributed by atoms with van der Waals surface area (Å²) in [6.07, 6.45) is 0. The first-order valence-electron chi connectivity index (χ1n) is 2.60. The summed E-state index contributed by atoms with van der Waals surface area (Å²) >= 11 is 0. The van der Waals surface area contributed by atoms with Crippen molar-refractivity contribution in [1.82, 2.24) is 0 Å². The maximum atomic E-state index is 10.2. The van der Waals surface area contributed by atoms with Crippen molar-refractivity contribution in [2.75, 3.05) is 13.1 Å². The summed E-state index contributed by atoms with van der Waals surface area (Å²) in [4.78, 5) is 10.2. The highest BCUT2D eigenvalue weighted by Crippen LogP contribution is 1.75. The first kappa shape index (κ1) is 7.27. The van der Waals surface area contributed by atoms with Gasteiger partial charge >= 0.3 is 0 Å². The topological polar surface area (TPSA) is 41.8 Å². The van der Waals surface area contributed by atoms with Crippen molar-refractivity contribution in [2.45, 2.75) is 13.8 Å². The Kier molecular flexibility index (Phi) is 4.03. The molecular formula is C5H10N2O. The highest BCUT2D eigenvalue weighted by Gasteiger charge is 1.84. The van der Waals surface area contributed by atoms with Crippen LogP contribution in [0.4, 0.5) is 0 Å². The molecule has 8 heavy (non-hydrogen) atoms. The molecule has 0 saturated carbocycles. The lowest BCUT2D eigenvalue weighted by atomic mass is 10.5. The molecule has 46 valence electrons. The van der Waals surface area contributed by atoms with Gasteiger partial charge in [0, 0.05) is 0 Å². The van der Waals surface area contributed by atoms with E-state index < -0.39 is 0 Å². The van der Waals surface area contributed by atoms with E-state index in [0.717, 1.165) is 0 Å². The maximum Gasteiger partial charge on any atom is 0.153 e. The number of azo groups is 1. The summed E-state index contributed by atoms with van der Waals surface area (Å²) in [6, 6.07) is 0. The second kappa shape index (κ2) is 4.43. The van der Waals surface area contributed by atoms with Crippen LogP contribution in [0.3, 0.4) is 0 Å². The molecule has 0 aliphatic carbocycles. The van der Waals surface area contributed by atoms with Crippen LogP contribution in [0, 0.1) is 0 Å². The van der Waals surface area contributed by atoms with E-state index in [0.29, 0.717) is 6.54 Å². The number of ketones is 1. The number of hydrogen-bond donors (Lipinski definition) is 0. The number of carbonyl (C=O) groups is 1. The second-order valence-electron chi connectivity index (χ2n) is 1.46. The van der Waals surface area contributed by atoms with Crippen LogP contribution in [-0.2, 0) is 4.79 Å². The van der Waals surface area contributed by atoms with Crippen LogP contribution in [0.15, 0.2) is 10.2 Å². The minimum atomic E-state index is 0.0576. The van der Waals surface area contributed by atoms with E-state index >= 15 is 0 Å². The van der Waals surface area contributed by atoms with E-state index in [9.17, 15) is 4.79 Å². The van der Waals surface area contributed by atoms with Gasteiger partial charge in [0.25, 0.3) is 0 Å². The van der Waals surface area contributed by atoms with Gasteiger partial charge in [0.1, 0.15) is 6.54 Å². The Balaban J connectivity index is 3.16. The molecule has 3 heteroatoms. The summed E-state index contributed by atoms with van der Waals surface area (Å²) in [5, 5.41) is 7.18. The monoisotopic (exact) mass is 114 g/mol. The number of Topliss-reactive ketones (excluding diaryl/α,β-unsaturated/α-hetero) is 1. The SMILES string of the molecule is CCN=NCC(C)=O. The predicted molar refractivity (Wildman–Crippen MR) is 30.9 cm³/mol. The summed E-state index contributed by atoms with van der Waals surface area (Å²) in [5.74, 6) is 0.0576. The molecule has 0 unspecified atom stereocenters. The minimum absolute atomic E-state index is 0.0576. The standard InChI is InChI=1S/C5H10N2O/c1-3-6-7-4-5(2)8/h3-4H2,1-2H3. The minimum Gasteiger partial charge on any atom is -0.298 e. The van der Waals surface area contributed by atoms with E-state index in [-0.39, 0.29) is 12.3 Å². The Hall–Kier alpha value is -0.730. The van der Waals surface area contributed by atoms with Crippen LogP contribution in [-0.4, -0.2) is 18.9 Å². The Morgan fingerprint density at radius 2 is 2.12 bits per heavy atom. The van der Waals surface area contributed by atoms with Gasteiger partial charge in [-0.2, -0.15) is 10.2 Å². The molecule has 0 aromatic heterocycles. The zero-order valence-corrected chi connectivity index (χ0v) is 5.22. The maximum absolute atomic E-state index is 10.2. The summed E-state index contributed by atoms with van der Waals surface area (Å²) in [7, 11) is 0. The van der Waals surface area contributed by atoms with Crippen LogP contribution in [0.2, 0.25) is 0 Å². The van der Waals surface area contributed by atoms with Gasteiger partial charge in [-0.05, 0) is 13.8 Å². The van der Waals surface area contributed by atoms with E-state index in [1.165, 1.54) is 6.92 Å². The van der Waals surface area contributed by atoms with Gasteiger partial charge < -0.3 is 0 Å². The van der Waals surface area contributed by atoms with Crippen LogP contribution >= 0.6 is 0 Å². The molecule has 3 nitrogen and oxygen atoms in total. The number of hydrogen-bond acceptors (Lipinski definition) is 3. The lowest BCUT2D eigenvalue weighted by molar-refractivity contribution is -0.115.